The summed E-state index contributed by atoms with van der Waals surface area (Å²) < 4.78 is 0.973. The van der Waals surface area contributed by atoms with Crippen molar-refractivity contribution in [2.24, 2.45) is 0 Å². The van der Waals surface area contributed by atoms with Gasteiger partial charge in [0.05, 0.1) is 10.8 Å². The molecule has 1 aromatic heterocycles. The zero-order chi connectivity index (χ0) is 20.2. The summed E-state index contributed by atoms with van der Waals surface area (Å²) in [6, 6.07) is 27.3. The Morgan fingerprint density at radius 2 is 1.45 bits per heavy atom. The minimum atomic E-state index is -0.492. The van der Waals surface area contributed by atoms with E-state index < -0.39 is 6.61 Å². The van der Waals surface area contributed by atoms with E-state index in [0.717, 1.165) is 26.8 Å². The van der Waals surface area contributed by atoms with E-state index >= 15 is 0 Å². The number of aliphatic hydroxyl groups is 1. The molecule has 0 aliphatic heterocycles. The molecule has 4 aromatic rings. The van der Waals surface area contributed by atoms with Crippen LogP contribution in [0.25, 0.3) is 10.1 Å². The molecule has 0 unspecified atom stereocenters. The summed E-state index contributed by atoms with van der Waals surface area (Å²) in [7, 11) is 0. The molecular weight excluding hydrogens is 380 g/mol. The highest BCUT2D eigenvalue weighted by Gasteiger charge is 2.22. The van der Waals surface area contributed by atoms with Crippen LogP contribution in [-0.2, 0) is 11.2 Å². The van der Waals surface area contributed by atoms with Crippen LogP contribution in [0, 0.1) is 0 Å². The van der Waals surface area contributed by atoms with Gasteiger partial charge in [0.15, 0.2) is 5.78 Å². The predicted molar refractivity (Wildman–Crippen MR) is 117 cm³/mol. The summed E-state index contributed by atoms with van der Waals surface area (Å²) in [6.45, 7) is -0.492. The van der Waals surface area contributed by atoms with Gasteiger partial charge in [-0.15, -0.1) is 11.3 Å². The summed E-state index contributed by atoms with van der Waals surface area (Å²) >= 11 is 1.36. The maximum absolute atomic E-state index is 13.3. The van der Waals surface area contributed by atoms with Gasteiger partial charge in [-0.3, -0.25) is 9.59 Å². The zero-order valence-corrected chi connectivity index (χ0v) is 16.6. The average Bonchev–Trinajstić information content (AvgIpc) is 3.18. The maximum atomic E-state index is 13.3. The first-order chi connectivity index (χ1) is 14.2. The van der Waals surface area contributed by atoms with Crippen LogP contribution in [0.5, 0.6) is 0 Å². The van der Waals surface area contributed by atoms with Crippen molar-refractivity contribution >= 4 is 33.0 Å². The molecule has 0 radical (unpaired) electrons. The Kier molecular flexibility index (Phi) is 5.65. The first-order valence-corrected chi connectivity index (χ1v) is 10.3. The molecule has 3 aromatic carbocycles. The molecule has 0 saturated heterocycles. The number of hydrogen-bond acceptors (Lipinski definition) is 4. The minimum Gasteiger partial charge on any atom is -0.388 e. The summed E-state index contributed by atoms with van der Waals surface area (Å²) in [5, 5.41) is 10.0. The van der Waals surface area contributed by atoms with Gasteiger partial charge in [0, 0.05) is 11.1 Å². The van der Waals surface area contributed by atoms with Crippen LogP contribution in [0.15, 0.2) is 84.9 Å². The van der Waals surface area contributed by atoms with Crippen molar-refractivity contribution in [3.8, 4) is 0 Å². The summed E-state index contributed by atoms with van der Waals surface area (Å²) in [6.07, 6.45) is 0.309. The second kappa shape index (κ2) is 8.52. The smallest absolute Gasteiger partial charge is 0.198 e. The predicted octanol–water partition coefficient (Wildman–Crippen LogP) is 5.02. The Balaban J connectivity index is 1.64. The summed E-state index contributed by atoms with van der Waals surface area (Å²) in [5.41, 5.74) is 2.88. The van der Waals surface area contributed by atoms with Gasteiger partial charge in [-0.25, -0.2) is 0 Å². The normalized spacial score (nSPS) is 11.1. The lowest BCUT2D eigenvalue weighted by Gasteiger charge is -2.17. The lowest BCUT2D eigenvalue weighted by molar-refractivity contribution is -0.119. The largest absolute Gasteiger partial charge is 0.388 e. The van der Waals surface area contributed by atoms with Crippen LogP contribution >= 0.6 is 11.3 Å². The number of benzene rings is 3. The third-order valence-corrected chi connectivity index (χ3v) is 6.12. The number of carbonyl (C=O) groups is 2. The fraction of sp³-hybridized carbons (Fsp3) is 0.120. The van der Waals surface area contributed by atoms with Crippen molar-refractivity contribution in [3.05, 3.63) is 106 Å². The standard InChI is InChI=1S/C25H20O3S/c26-16-22(28)24-15-20-13-17(11-12-23(20)29-24)14-21(27)25(18-7-3-1-4-8-18)19-9-5-2-6-10-19/h1-13,15,25-26H,14,16H2. The molecule has 144 valence electrons. The second-order valence-corrected chi connectivity index (χ2v) is 8.05. The molecule has 0 aliphatic rings. The molecule has 0 saturated carbocycles. The molecule has 0 fully saturated rings. The highest BCUT2D eigenvalue weighted by molar-refractivity contribution is 7.20. The molecule has 0 spiro atoms. The lowest BCUT2D eigenvalue weighted by Crippen LogP contribution is -2.16. The van der Waals surface area contributed by atoms with Gasteiger partial charge < -0.3 is 5.11 Å². The van der Waals surface area contributed by atoms with E-state index in [1.165, 1.54) is 11.3 Å². The molecular formula is C25H20O3S. The number of fused-ring (bicyclic) bond motifs is 1. The number of aliphatic hydroxyl groups excluding tert-OH is 1. The van der Waals surface area contributed by atoms with Crippen molar-refractivity contribution in [2.45, 2.75) is 12.3 Å². The second-order valence-electron chi connectivity index (χ2n) is 6.96. The van der Waals surface area contributed by atoms with Crippen molar-refractivity contribution in [2.75, 3.05) is 6.61 Å². The fourth-order valence-electron chi connectivity index (χ4n) is 3.58. The average molecular weight is 400 g/mol. The van der Waals surface area contributed by atoms with Crippen LogP contribution in [0.4, 0.5) is 0 Å². The molecule has 1 N–H and O–H groups in total. The Morgan fingerprint density at radius 3 is 2.03 bits per heavy atom. The zero-order valence-electron chi connectivity index (χ0n) is 15.7. The van der Waals surface area contributed by atoms with Gasteiger partial charge in [0.1, 0.15) is 12.4 Å². The van der Waals surface area contributed by atoms with Crippen molar-refractivity contribution < 1.29 is 14.7 Å². The number of carbonyl (C=O) groups excluding carboxylic acids is 2. The van der Waals surface area contributed by atoms with Crippen LogP contribution in [-0.4, -0.2) is 23.3 Å². The molecule has 29 heavy (non-hydrogen) atoms. The maximum Gasteiger partial charge on any atom is 0.198 e. The quantitative estimate of drug-likeness (QED) is 0.443. The molecule has 4 heteroatoms. The minimum absolute atomic E-state index is 0.128. The van der Waals surface area contributed by atoms with Crippen LogP contribution in [0.1, 0.15) is 32.3 Å². The van der Waals surface area contributed by atoms with E-state index in [1.54, 1.807) is 6.07 Å². The summed E-state index contributed by atoms with van der Waals surface area (Å²) in [4.78, 5) is 25.6. The van der Waals surface area contributed by atoms with E-state index in [9.17, 15) is 9.59 Å². The molecule has 1 heterocycles. The molecule has 0 aliphatic carbocycles. The van der Waals surface area contributed by atoms with Crippen LogP contribution in [0.3, 0.4) is 0 Å². The number of rotatable bonds is 7. The molecule has 0 amide bonds. The molecule has 0 bridgehead atoms. The Morgan fingerprint density at radius 1 is 0.828 bits per heavy atom. The van der Waals surface area contributed by atoms with Gasteiger partial charge in [0.2, 0.25) is 0 Å². The van der Waals surface area contributed by atoms with Gasteiger partial charge in [0.25, 0.3) is 0 Å². The van der Waals surface area contributed by atoms with Crippen molar-refractivity contribution in [1.29, 1.82) is 0 Å². The Bertz CT molecular complexity index is 1110. The first kappa shape index (κ1) is 19.2. The molecule has 4 rings (SSSR count). The van der Waals surface area contributed by atoms with Crippen LogP contribution in [0.2, 0.25) is 0 Å². The Hall–Kier alpha value is -3.08. The van der Waals surface area contributed by atoms with E-state index in [-0.39, 0.29) is 17.5 Å². The topological polar surface area (TPSA) is 54.4 Å². The number of ketones is 2. The van der Waals surface area contributed by atoms with Crippen molar-refractivity contribution in [1.82, 2.24) is 0 Å². The summed E-state index contributed by atoms with van der Waals surface area (Å²) in [5.74, 6) is -0.470. The molecule has 0 atom stereocenters. The SMILES string of the molecule is O=C(CO)c1cc2cc(CC(=O)C(c3ccccc3)c3ccccc3)ccc2s1. The highest BCUT2D eigenvalue weighted by atomic mass is 32.1. The fourth-order valence-corrected chi connectivity index (χ4v) is 4.55. The lowest BCUT2D eigenvalue weighted by atomic mass is 9.85. The van der Waals surface area contributed by atoms with Gasteiger partial charge >= 0.3 is 0 Å². The van der Waals surface area contributed by atoms with Gasteiger partial charge in [-0.05, 0) is 40.3 Å². The Labute approximate surface area is 173 Å². The third kappa shape index (κ3) is 4.19. The van der Waals surface area contributed by atoms with Crippen LogP contribution < -0.4 is 0 Å². The number of hydrogen-bond donors (Lipinski definition) is 1. The first-order valence-electron chi connectivity index (χ1n) is 9.45. The third-order valence-electron chi connectivity index (χ3n) is 4.97. The van der Waals surface area contributed by atoms with E-state index in [2.05, 4.69) is 0 Å². The van der Waals surface area contributed by atoms with E-state index in [0.29, 0.717) is 11.3 Å². The van der Waals surface area contributed by atoms with E-state index in [1.807, 2.05) is 78.9 Å². The molecule has 3 nitrogen and oxygen atoms in total. The van der Waals surface area contributed by atoms with Gasteiger partial charge in [-0.1, -0.05) is 66.7 Å². The number of Topliss-reactive ketones (excluding diaryl/α,β-unsaturated/α-hetero) is 2. The highest BCUT2D eigenvalue weighted by Crippen LogP contribution is 2.30. The number of thiophene rings is 1. The van der Waals surface area contributed by atoms with Gasteiger partial charge in [-0.2, -0.15) is 0 Å². The van der Waals surface area contributed by atoms with E-state index in [4.69, 9.17) is 5.11 Å². The monoisotopic (exact) mass is 400 g/mol. The van der Waals surface area contributed by atoms with Crippen molar-refractivity contribution in [3.63, 3.8) is 0 Å².